The molecule has 0 aliphatic carbocycles. The van der Waals surface area contributed by atoms with E-state index in [1.807, 2.05) is 18.2 Å². The van der Waals surface area contributed by atoms with Crippen molar-refractivity contribution in [1.29, 1.82) is 0 Å². The van der Waals surface area contributed by atoms with Gasteiger partial charge in [-0.25, -0.2) is 0 Å². The van der Waals surface area contributed by atoms with Gasteiger partial charge in [-0.2, -0.15) is 0 Å². The zero-order valence-corrected chi connectivity index (χ0v) is 20.8. The van der Waals surface area contributed by atoms with Crippen LogP contribution in [0.2, 0.25) is 0 Å². The maximum Gasteiger partial charge on any atom is 0.303 e. The molecule has 0 aromatic carbocycles. The first-order valence-electron chi connectivity index (χ1n) is 9.84. The zero-order chi connectivity index (χ0) is 20.6. The minimum absolute atomic E-state index is 0.285. The molecule has 1 unspecified atom stereocenters. The van der Waals surface area contributed by atoms with Crippen molar-refractivity contribution in [3.63, 3.8) is 0 Å². The van der Waals surface area contributed by atoms with Crippen molar-refractivity contribution in [1.82, 2.24) is 0 Å². The number of rotatable bonds is 16. The van der Waals surface area contributed by atoms with Crippen molar-refractivity contribution in [2.75, 3.05) is 0 Å². The van der Waals surface area contributed by atoms with E-state index in [-0.39, 0.29) is 12.5 Å². The van der Waals surface area contributed by atoms with Crippen LogP contribution in [0.4, 0.5) is 0 Å². The average Bonchev–Trinajstić information content (AvgIpc) is 2.66. The normalized spacial score (nSPS) is 12.9. The molecule has 0 aliphatic rings. The molecule has 0 aromatic rings. The predicted molar refractivity (Wildman–Crippen MR) is 135 cm³/mol. The summed E-state index contributed by atoms with van der Waals surface area (Å²) in [5.41, 5.74) is 0. The number of carboxylic acid groups (broad SMARTS) is 1. The van der Waals surface area contributed by atoms with Gasteiger partial charge in [0, 0.05) is 43.7 Å². The van der Waals surface area contributed by atoms with Crippen molar-refractivity contribution < 1.29 is 15.0 Å². The number of allylic oxidation sites excluding steroid dienone is 7. The second kappa shape index (κ2) is 25.9. The van der Waals surface area contributed by atoms with Crippen LogP contribution in [0.25, 0.3) is 0 Å². The maximum atomic E-state index is 10.4. The fourth-order valence-corrected chi connectivity index (χ4v) is 2.33. The highest BCUT2D eigenvalue weighted by atomic mass is 128. The third kappa shape index (κ3) is 28.2. The first-order valence-corrected chi connectivity index (χ1v) is 16.1. The molecule has 0 radical (unpaired) electrons. The summed E-state index contributed by atoms with van der Waals surface area (Å²) in [6.07, 6.45) is 26.4. The number of halogens is 2. The van der Waals surface area contributed by atoms with E-state index >= 15 is 0 Å². The molecule has 0 saturated heterocycles. The Bertz CT molecular complexity index is 429. The predicted octanol–water partition coefficient (Wildman–Crippen LogP) is 7.74. The summed E-state index contributed by atoms with van der Waals surface area (Å²) in [6, 6.07) is 0. The van der Waals surface area contributed by atoms with Gasteiger partial charge >= 0.3 is 5.97 Å². The van der Waals surface area contributed by atoms with Gasteiger partial charge in [-0.05, 0) is 38.5 Å². The lowest BCUT2D eigenvalue weighted by atomic mass is 10.1. The first-order chi connectivity index (χ1) is 13.2. The lowest BCUT2D eigenvalue weighted by Gasteiger charge is -2.02. The Balaban J connectivity index is 0. The number of aliphatic hydroxyl groups excluding tert-OH is 1. The topological polar surface area (TPSA) is 57.5 Å². The van der Waals surface area contributed by atoms with E-state index in [0.717, 1.165) is 51.4 Å². The standard InChI is InChI=1S/C22H36O3.I2/c1-2-3-15-18-21(23)19-16-13-11-9-7-5-4-6-8-10-12-14-17-20-22(24)25;1-2/h5-8,11,13,16,19,21,23H,2-4,9-10,12,14-15,17-18,20H2,1H3,(H,24,25);/b7-5-,8-6-,13-11-,19-16+;. The number of hydrogen-bond acceptors (Lipinski definition) is 2. The molecule has 0 aliphatic heterocycles. The van der Waals surface area contributed by atoms with E-state index in [1.165, 1.54) is 12.8 Å². The van der Waals surface area contributed by atoms with E-state index < -0.39 is 5.97 Å². The van der Waals surface area contributed by atoms with Crippen LogP contribution in [0.1, 0.15) is 77.6 Å². The van der Waals surface area contributed by atoms with Crippen molar-refractivity contribution >= 4 is 43.2 Å². The Labute approximate surface area is 189 Å². The highest BCUT2D eigenvalue weighted by Gasteiger charge is 1.96. The molecule has 0 amide bonds. The van der Waals surface area contributed by atoms with Crippen molar-refractivity contribution in [3.8, 4) is 0 Å². The van der Waals surface area contributed by atoms with Crippen LogP contribution in [0.3, 0.4) is 0 Å². The summed E-state index contributed by atoms with van der Waals surface area (Å²) < 4.78 is 0. The fraction of sp³-hybridized carbons (Fsp3) is 0.591. The first kappa shape index (κ1) is 29.1. The van der Waals surface area contributed by atoms with Gasteiger partial charge in [-0.1, -0.05) is 81.2 Å². The average molecular weight is 602 g/mol. The van der Waals surface area contributed by atoms with Crippen LogP contribution in [0.15, 0.2) is 48.6 Å². The SMILES string of the molecule is CCCCCC(O)/C=C/C=C\C/C=C\C/C=C\CCCCCC(=O)O.II. The van der Waals surface area contributed by atoms with Gasteiger partial charge in [-0.15, -0.1) is 0 Å². The molecular weight excluding hydrogens is 566 g/mol. The molecule has 156 valence electrons. The number of hydrogen-bond donors (Lipinski definition) is 2. The molecule has 0 rings (SSSR count). The molecule has 0 bridgehead atoms. The third-order valence-corrected chi connectivity index (χ3v) is 3.82. The lowest BCUT2D eigenvalue weighted by Crippen LogP contribution is -2.00. The number of aliphatic carboxylic acids is 1. The van der Waals surface area contributed by atoms with Crippen LogP contribution in [-0.4, -0.2) is 22.3 Å². The number of unbranched alkanes of at least 4 members (excludes halogenated alkanes) is 5. The fourth-order valence-electron chi connectivity index (χ4n) is 2.33. The van der Waals surface area contributed by atoms with E-state index in [4.69, 9.17) is 5.11 Å². The van der Waals surface area contributed by atoms with Gasteiger partial charge in [-0.3, -0.25) is 4.79 Å². The zero-order valence-electron chi connectivity index (χ0n) is 16.5. The highest BCUT2D eigenvalue weighted by molar-refractivity contribution is 15.0. The van der Waals surface area contributed by atoms with E-state index in [9.17, 15) is 9.90 Å². The number of carboxylic acids is 1. The number of aliphatic hydroxyl groups is 1. The summed E-state index contributed by atoms with van der Waals surface area (Å²) in [6.45, 7) is 2.17. The van der Waals surface area contributed by atoms with Crippen molar-refractivity contribution in [2.45, 2.75) is 83.7 Å². The summed E-state index contributed by atoms with van der Waals surface area (Å²) in [7, 11) is 0. The second-order valence-corrected chi connectivity index (χ2v) is 6.28. The molecule has 0 fully saturated rings. The van der Waals surface area contributed by atoms with Crippen LogP contribution < -0.4 is 0 Å². The quantitative estimate of drug-likeness (QED) is 0.0823. The molecule has 0 heterocycles. The minimum atomic E-state index is -0.701. The van der Waals surface area contributed by atoms with Crippen LogP contribution in [0.5, 0.6) is 0 Å². The van der Waals surface area contributed by atoms with Gasteiger partial charge in [0.2, 0.25) is 0 Å². The van der Waals surface area contributed by atoms with Crippen LogP contribution in [-0.2, 0) is 4.79 Å². The van der Waals surface area contributed by atoms with Crippen molar-refractivity contribution in [2.24, 2.45) is 0 Å². The van der Waals surface area contributed by atoms with E-state index in [2.05, 4.69) is 74.5 Å². The van der Waals surface area contributed by atoms with Crippen LogP contribution >= 0.6 is 37.2 Å². The van der Waals surface area contributed by atoms with Gasteiger partial charge in [0.05, 0.1) is 6.10 Å². The Morgan fingerprint density at radius 3 is 2.22 bits per heavy atom. The Kier molecular flexibility index (Phi) is 27.8. The summed E-state index contributed by atoms with van der Waals surface area (Å²) in [5.74, 6) is -0.701. The molecule has 0 saturated carbocycles. The lowest BCUT2D eigenvalue weighted by molar-refractivity contribution is -0.137. The molecule has 0 spiro atoms. The van der Waals surface area contributed by atoms with Gasteiger partial charge in [0.15, 0.2) is 0 Å². The maximum absolute atomic E-state index is 10.4. The van der Waals surface area contributed by atoms with E-state index in [1.54, 1.807) is 0 Å². The molecular formula is C22H36I2O3. The molecule has 0 aromatic heterocycles. The molecule has 3 nitrogen and oxygen atoms in total. The Morgan fingerprint density at radius 2 is 1.56 bits per heavy atom. The van der Waals surface area contributed by atoms with Gasteiger partial charge < -0.3 is 10.2 Å². The highest BCUT2D eigenvalue weighted by Crippen LogP contribution is 2.05. The summed E-state index contributed by atoms with van der Waals surface area (Å²) in [5, 5.41) is 18.3. The molecule has 2 N–H and O–H groups in total. The summed E-state index contributed by atoms with van der Waals surface area (Å²) >= 11 is 4.24. The Morgan fingerprint density at radius 1 is 0.889 bits per heavy atom. The monoisotopic (exact) mass is 602 g/mol. The second-order valence-electron chi connectivity index (χ2n) is 6.28. The number of carbonyl (C=O) groups is 1. The van der Waals surface area contributed by atoms with Crippen molar-refractivity contribution in [3.05, 3.63) is 48.6 Å². The Hall–Kier alpha value is -0.150. The minimum Gasteiger partial charge on any atom is -0.481 e. The smallest absolute Gasteiger partial charge is 0.303 e. The molecule has 5 heteroatoms. The third-order valence-electron chi connectivity index (χ3n) is 3.82. The molecule has 27 heavy (non-hydrogen) atoms. The molecule has 1 atom stereocenters. The van der Waals surface area contributed by atoms with Crippen LogP contribution in [0, 0.1) is 0 Å². The summed E-state index contributed by atoms with van der Waals surface area (Å²) in [4.78, 5) is 10.4. The largest absolute Gasteiger partial charge is 0.481 e. The van der Waals surface area contributed by atoms with E-state index in [0.29, 0.717) is 0 Å². The van der Waals surface area contributed by atoms with Gasteiger partial charge in [0.1, 0.15) is 0 Å². The van der Waals surface area contributed by atoms with Gasteiger partial charge in [0.25, 0.3) is 0 Å².